The molecule has 0 amide bonds. The predicted molar refractivity (Wildman–Crippen MR) is 145 cm³/mol. The van der Waals surface area contributed by atoms with Crippen LogP contribution < -0.4 is 9.80 Å². The van der Waals surface area contributed by atoms with Crippen LogP contribution in [0, 0.1) is 5.41 Å². The first kappa shape index (κ1) is 25.1. The molecule has 0 unspecified atom stereocenters. The maximum atomic E-state index is 11.8. The van der Waals surface area contributed by atoms with Crippen LogP contribution in [0.15, 0.2) is 40.5 Å². The van der Waals surface area contributed by atoms with E-state index in [1.54, 1.807) is 6.20 Å². The number of rotatable bonds is 4. The molecule has 3 saturated heterocycles. The van der Waals surface area contributed by atoms with Gasteiger partial charge in [0.05, 0.1) is 35.4 Å². The van der Waals surface area contributed by atoms with Gasteiger partial charge in [-0.1, -0.05) is 23.4 Å². The Hall–Kier alpha value is -2.21. The van der Waals surface area contributed by atoms with Crippen LogP contribution in [0.4, 0.5) is 11.6 Å². The van der Waals surface area contributed by atoms with E-state index in [4.69, 9.17) is 26.3 Å². The molecule has 6 heterocycles. The lowest BCUT2D eigenvalue weighted by molar-refractivity contribution is 0.0976. The van der Waals surface area contributed by atoms with Crippen LogP contribution in [-0.4, -0.2) is 78.7 Å². The molecule has 0 radical (unpaired) electrons. The molecule has 6 rings (SSSR count). The first-order valence-corrected chi connectivity index (χ1v) is 15.6. The second-order valence-electron chi connectivity index (χ2n) is 10.2. The van der Waals surface area contributed by atoms with Crippen molar-refractivity contribution in [2.75, 3.05) is 54.1 Å². The number of halogens is 1. The van der Waals surface area contributed by atoms with Crippen LogP contribution in [0.5, 0.6) is 0 Å². The molecule has 3 aromatic rings. The fourth-order valence-corrected chi connectivity index (χ4v) is 7.79. The summed E-state index contributed by atoms with van der Waals surface area (Å²) in [6, 6.07) is 5.72. The molecule has 3 fully saturated rings. The molecule has 9 nitrogen and oxygen atoms in total. The van der Waals surface area contributed by atoms with Crippen LogP contribution in [0.25, 0.3) is 11.2 Å². The minimum absolute atomic E-state index is 0.112. The molecule has 3 aliphatic heterocycles. The number of aromatic nitrogens is 4. The molecular formula is C25H29ClN6O3S2. The minimum Gasteiger partial charge on any atom is -0.378 e. The van der Waals surface area contributed by atoms with Crippen molar-refractivity contribution in [3.63, 3.8) is 0 Å². The van der Waals surface area contributed by atoms with Crippen molar-refractivity contribution in [1.82, 2.24) is 19.9 Å². The number of sulfone groups is 1. The van der Waals surface area contributed by atoms with Crippen molar-refractivity contribution < 1.29 is 13.2 Å². The summed E-state index contributed by atoms with van der Waals surface area (Å²) in [6.07, 6.45) is 7.26. The van der Waals surface area contributed by atoms with Gasteiger partial charge in [0.25, 0.3) is 0 Å². The Kier molecular flexibility index (Phi) is 6.67. The molecule has 37 heavy (non-hydrogen) atoms. The summed E-state index contributed by atoms with van der Waals surface area (Å²) in [4.78, 5) is 23.6. The number of hydrogen-bond donors (Lipinski definition) is 0. The molecule has 196 valence electrons. The van der Waals surface area contributed by atoms with E-state index in [-0.39, 0.29) is 11.5 Å². The van der Waals surface area contributed by atoms with E-state index in [0.717, 1.165) is 60.2 Å². The monoisotopic (exact) mass is 560 g/mol. The number of piperidine rings is 1. The van der Waals surface area contributed by atoms with Gasteiger partial charge in [-0.3, -0.25) is 0 Å². The molecule has 3 aromatic heterocycles. The van der Waals surface area contributed by atoms with Gasteiger partial charge >= 0.3 is 0 Å². The Labute approximate surface area is 225 Å². The summed E-state index contributed by atoms with van der Waals surface area (Å²) in [5, 5.41) is 1.25. The van der Waals surface area contributed by atoms with E-state index >= 15 is 0 Å². The third-order valence-corrected chi connectivity index (χ3v) is 10.7. The van der Waals surface area contributed by atoms with Crippen LogP contribution in [0.1, 0.15) is 26.2 Å². The molecular weight excluding hydrogens is 532 g/mol. The summed E-state index contributed by atoms with van der Waals surface area (Å²) < 4.78 is 29.4. The summed E-state index contributed by atoms with van der Waals surface area (Å²) in [5.41, 5.74) is 1.68. The Balaban J connectivity index is 1.16. The highest BCUT2D eigenvalue weighted by Gasteiger charge is 2.41. The van der Waals surface area contributed by atoms with Gasteiger partial charge in [0.15, 0.2) is 15.5 Å². The largest absolute Gasteiger partial charge is 0.378 e. The molecule has 0 bridgehead atoms. The smallest absolute Gasteiger partial charge is 0.179 e. The average molecular weight is 561 g/mol. The number of fused-ring (bicyclic) bond motifs is 1. The lowest BCUT2D eigenvalue weighted by Gasteiger charge is -2.38. The molecule has 3 aliphatic rings. The minimum atomic E-state index is -2.98. The highest BCUT2D eigenvalue weighted by molar-refractivity contribution is 7.99. The lowest BCUT2D eigenvalue weighted by atomic mass is 9.77. The molecule has 1 spiro atoms. The third kappa shape index (κ3) is 5.23. The number of nitrogens with zero attached hydrogens (tertiary/aromatic N) is 6. The van der Waals surface area contributed by atoms with Crippen molar-refractivity contribution in [3.05, 3.63) is 35.6 Å². The second kappa shape index (κ2) is 9.83. The van der Waals surface area contributed by atoms with E-state index < -0.39 is 9.84 Å². The summed E-state index contributed by atoms with van der Waals surface area (Å²) >= 11 is 8.13. The topological polar surface area (TPSA) is 101 Å². The van der Waals surface area contributed by atoms with Crippen LogP contribution in [0.3, 0.4) is 0 Å². The van der Waals surface area contributed by atoms with Gasteiger partial charge < -0.3 is 14.5 Å². The van der Waals surface area contributed by atoms with Crippen molar-refractivity contribution in [2.45, 2.75) is 42.2 Å². The van der Waals surface area contributed by atoms with E-state index in [0.29, 0.717) is 41.1 Å². The van der Waals surface area contributed by atoms with Crippen LogP contribution in [0.2, 0.25) is 5.02 Å². The summed E-state index contributed by atoms with van der Waals surface area (Å²) in [7, 11) is -2.98. The number of anilines is 2. The zero-order chi connectivity index (χ0) is 25.6. The zero-order valence-corrected chi connectivity index (χ0v) is 23.0. The predicted octanol–water partition coefficient (Wildman–Crippen LogP) is 3.85. The van der Waals surface area contributed by atoms with Crippen molar-refractivity contribution in [1.29, 1.82) is 0 Å². The van der Waals surface area contributed by atoms with E-state index in [9.17, 15) is 8.42 Å². The van der Waals surface area contributed by atoms with Gasteiger partial charge in [-0.25, -0.2) is 28.4 Å². The highest BCUT2D eigenvalue weighted by atomic mass is 35.5. The normalized spacial score (nSPS) is 23.1. The second-order valence-corrected chi connectivity index (χ2v) is 14.0. The standard InChI is InChI=1S/C25H29ClN6O3S2/c1-17-14-25(16-35-17)5-8-31(9-6-25)20-15-28-23-18(29-20)2-3-21(30-23)36-19-4-7-27-24(22(19)26)32-10-12-37(33,34)13-11-32/h2-4,7,15,17H,5-6,8-14,16H2,1H3/t17-/m0/s1. The number of ether oxygens (including phenoxy) is 1. The Bertz CT molecular complexity index is 1420. The quantitative estimate of drug-likeness (QED) is 0.467. The van der Waals surface area contributed by atoms with E-state index in [2.05, 4.69) is 21.8 Å². The van der Waals surface area contributed by atoms with Gasteiger partial charge in [0.2, 0.25) is 0 Å². The van der Waals surface area contributed by atoms with Crippen LogP contribution in [-0.2, 0) is 14.6 Å². The number of pyridine rings is 2. The molecule has 0 aromatic carbocycles. The van der Waals surface area contributed by atoms with Gasteiger partial charge in [-0.2, -0.15) is 0 Å². The lowest BCUT2D eigenvalue weighted by Crippen LogP contribution is -2.41. The van der Waals surface area contributed by atoms with Gasteiger partial charge in [-0.05, 0) is 49.8 Å². The van der Waals surface area contributed by atoms with Gasteiger partial charge in [0.1, 0.15) is 22.2 Å². The number of hydrogen-bond acceptors (Lipinski definition) is 10. The first-order chi connectivity index (χ1) is 17.8. The fraction of sp³-hybridized carbons (Fsp3) is 0.520. The van der Waals surface area contributed by atoms with Crippen molar-refractivity contribution >= 4 is 56.0 Å². The molecule has 1 atom stereocenters. The molecule has 12 heteroatoms. The summed E-state index contributed by atoms with van der Waals surface area (Å²) in [6.45, 7) is 5.74. The average Bonchev–Trinajstić information content (AvgIpc) is 3.25. The summed E-state index contributed by atoms with van der Waals surface area (Å²) in [5.74, 6) is 1.72. The maximum Gasteiger partial charge on any atom is 0.179 e. The molecule has 0 N–H and O–H groups in total. The van der Waals surface area contributed by atoms with E-state index in [1.807, 2.05) is 29.3 Å². The molecule has 0 saturated carbocycles. The van der Waals surface area contributed by atoms with Crippen LogP contribution >= 0.6 is 23.4 Å². The highest BCUT2D eigenvalue weighted by Crippen LogP contribution is 2.42. The van der Waals surface area contributed by atoms with Gasteiger partial charge in [0, 0.05) is 37.3 Å². The third-order valence-electron chi connectivity index (χ3n) is 7.60. The maximum absolute atomic E-state index is 11.8. The van der Waals surface area contributed by atoms with Crippen molar-refractivity contribution in [2.24, 2.45) is 5.41 Å². The molecule has 0 aliphatic carbocycles. The van der Waals surface area contributed by atoms with E-state index in [1.165, 1.54) is 11.8 Å². The zero-order valence-electron chi connectivity index (χ0n) is 20.6. The van der Waals surface area contributed by atoms with Gasteiger partial charge in [-0.15, -0.1) is 0 Å². The van der Waals surface area contributed by atoms with Crippen molar-refractivity contribution in [3.8, 4) is 0 Å². The Morgan fingerprint density at radius 1 is 1.05 bits per heavy atom. The Morgan fingerprint density at radius 3 is 2.57 bits per heavy atom. The Morgan fingerprint density at radius 2 is 1.84 bits per heavy atom. The first-order valence-electron chi connectivity index (χ1n) is 12.6. The fourth-order valence-electron chi connectivity index (χ4n) is 5.44. The SMILES string of the molecule is C[C@H]1CC2(CCN(c3cnc4nc(Sc5ccnc(N6CCS(=O)(=O)CC6)c5Cl)ccc4n3)CC2)CO1.